The number of esters is 1. The number of carbonyl (C=O) groups is 1. The second-order valence-electron chi connectivity index (χ2n) is 4.08. The molecule has 0 amide bonds. The van der Waals surface area contributed by atoms with Gasteiger partial charge in [0.2, 0.25) is 5.82 Å². The summed E-state index contributed by atoms with van der Waals surface area (Å²) < 4.78 is 10.2. The van der Waals surface area contributed by atoms with Crippen LogP contribution in [0.15, 0.2) is 46.3 Å². The molecule has 0 aliphatic heterocycles. The largest absolute Gasteiger partial charge is 0.452 e. The van der Waals surface area contributed by atoms with Gasteiger partial charge in [0.15, 0.2) is 6.61 Å². The summed E-state index contributed by atoms with van der Waals surface area (Å²) in [6.45, 7) is -0.0796. The monoisotopic (exact) mass is 320 g/mol. The minimum absolute atomic E-state index is 0.0796. The summed E-state index contributed by atoms with van der Waals surface area (Å²) >= 11 is 7.32. The quantitative estimate of drug-likeness (QED) is 0.684. The minimum atomic E-state index is -0.492. The van der Waals surface area contributed by atoms with Gasteiger partial charge in [0, 0.05) is 5.02 Å². The molecule has 0 saturated heterocycles. The van der Waals surface area contributed by atoms with Crippen LogP contribution in [-0.2, 0) is 11.3 Å². The van der Waals surface area contributed by atoms with Gasteiger partial charge in [-0.15, -0.1) is 11.3 Å². The van der Waals surface area contributed by atoms with Crippen molar-refractivity contribution in [2.75, 3.05) is 0 Å². The maximum atomic E-state index is 11.8. The summed E-state index contributed by atoms with van der Waals surface area (Å²) in [5, 5.41) is 6.23. The molecular formula is C14H9ClN2O3S. The Hall–Kier alpha value is -2.18. The molecule has 0 atom stereocenters. The Morgan fingerprint density at radius 3 is 3.00 bits per heavy atom. The number of carbonyl (C=O) groups excluding carboxylic acids is 1. The van der Waals surface area contributed by atoms with Gasteiger partial charge >= 0.3 is 5.97 Å². The molecule has 1 aromatic carbocycles. The highest BCUT2D eigenvalue weighted by Crippen LogP contribution is 2.21. The van der Waals surface area contributed by atoms with Crippen LogP contribution in [0.3, 0.4) is 0 Å². The van der Waals surface area contributed by atoms with Crippen molar-refractivity contribution < 1.29 is 14.1 Å². The molecule has 0 spiro atoms. The summed E-state index contributed by atoms with van der Waals surface area (Å²) in [5.74, 6) is 0.237. The van der Waals surface area contributed by atoms with Crippen LogP contribution in [0.5, 0.6) is 0 Å². The molecule has 0 aliphatic carbocycles. The first kappa shape index (κ1) is 13.8. The number of hydrogen-bond acceptors (Lipinski definition) is 6. The van der Waals surface area contributed by atoms with Crippen LogP contribution in [0.4, 0.5) is 0 Å². The lowest BCUT2D eigenvalue weighted by Crippen LogP contribution is -2.05. The molecule has 0 N–H and O–H groups in total. The third-order valence-corrected chi connectivity index (χ3v) is 3.70. The normalized spacial score (nSPS) is 10.5. The van der Waals surface area contributed by atoms with E-state index in [9.17, 15) is 4.79 Å². The molecule has 0 bridgehead atoms. The second kappa shape index (κ2) is 6.07. The molecule has 7 heteroatoms. The first-order chi connectivity index (χ1) is 10.2. The number of halogens is 1. The Morgan fingerprint density at radius 1 is 1.33 bits per heavy atom. The van der Waals surface area contributed by atoms with E-state index in [-0.39, 0.29) is 12.5 Å². The topological polar surface area (TPSA) is 65.2 Å². The molecule has 5 nitrogen and oxygen atoms in total. The van der Waals surface area contributed by atoms with Crippen molar-refractivity contribution in [3.05, 3.63) is 58.3 Å². The Bertz CT molecular complexity index is 755. The first-order valence-electron chi connectivity index (χ1n) is 6.01. The highest BCUT2D eigenvalue weighted by atomic mass is 35.5. The highest BCUT2D eigenvalue weighted by molar-refractivity contribution is 7.13. The van der Waals surface area contributed by atoms with Crippen molar-refractivity contribution in [1.82, 2.24) is 10.1 Å². The molecule has 0 aliphatic rings. The van der Waals surface area contributed by atoms with E-state index in [1.54, 1.807) is 18.2 Å². The van der Waals surface area contributed by atoms with E-state index >= 15 is 0 Å². The standard InChI is InChI=1S/C14H9ClN2O3S/c15-10-4-1-3-9(7-10)14(18)19-8-12-16-13(17-20-12)11-5-2-6-21-11/h1-7H,8H2. The molecule has 21 heavy (non-hydrogen) atoms. The molecule has 0 unspecified atom stereocenters. The van der Waals surface area contributed by atoms with E-state index in [0.29, 0.717) is 16.4 Å². The number of benzene rings is 1. The van der Waals surface area contributed by atoms with Crippen LogP contribution >= 0.6 is 22.9 Å². The average Bonchev–Trinajstić information content (AvgIpc) is 3.15. The van der Waals surface area contributed by atoms with E-state index in [1.807, 2.05) is 17.5 Å². The number of ether oxygens (including phenoxy) is 1. The predicted molar refractivity (Wildman–Crippen MR) is 78.2 cm³/mol. The molecule has 0 fully saturated rings. The fraction of sp³-hybridized carbons (Fsp3) is 0.0714. The average molecular weight is 321 g/mol. The minimum Gasteiger partial charge on any atom is -0.452 e. The third-order valence-electron chi connectivity index (χ3n) is 2.60. The van der Waals surface area contributed by atoms with Gasteiger partial charge in [0.25, 0.3) is 5.89 Å². The fourth-order valence-corrected chi connectivity index (χ4v) is 2.48. The van der Waals surface area contributed by atoms with Crippen molar-refractivity contribution in [2.45, 2.75) is 6.61 Å². The zero-order chi connectivity index (χ0) is 14.7. The molecular weight excluding hydrogens is 312 g/mol. The van der Waals surface area contributed by atoms with Crippen molar-refractivity contribution in [2.24, 2.45) is 0 Å². The maximum Gasteiger partial charge on any atom is 0.338 e. The molecule has 0 saturated carbocycles. The van der Waals surface area contributed by atoms with E-state index in [0.717, 1.165) is 4.88 Å². The molecule has 2 heterocycles. The lowest BCUT2D eigenvalue weighted by molar-refractivity contribution is 0.0430. The maximum absolute atomic E-state index is 11.8. The van der Waals surface area contributed by atoms with Gasteiger partial charge in [0.05, 0.1) is 10.4 Å². The van der Waals surface area contributed by atoms with Crippen LogP contribution < -0.4 is 0 Å². The fourth-order valence-electron chi connectivity index (χ4n) is 1.65. The summed E-state index contributed by atoms with van der Waals surface area (Å²) in [5.41, 5.74) is 0.375. The van der Waals surface area contributed by atoms with Crippen LogP contribution in [-0.4, -0.2) is 16.1 Å². The number of hydrogen-bond donors (Lipinski definition) is 0. The SMILES string of the molecule is O=C(OCc1nc(-c2cccs2)no1)c1cccc(Cl)c1. The third kappa shape index (κ3) is 3.29. The summed E-state index contributed by atoms with van der Waals surface area (Å²) in [4.78, 5) is 16.9. The first-order valence-corrected chi connectivity index (χ1v) is 7.27. The summed E-state index contributed by atoms with van der Waals surface area (Å²) in [7, 11) is 0. The van der Waals surface area contributed by atoms with Gasteiger partial charge in [-0.2, -0.15) is 4.98 Å². The zero-order valence-corrected chi connectivity index (χ0v) is 12.2. The number of thiophene rings is 1. The Morgan fingerprint density at radius 2 is 2.24 bits per heavy atom. The van der Waals surface area contributed by atoms with Gasteiger partial charge in [0.1, 0.15) is 0 Å². The Kier molecular flexibility index (Phi) is 3.98. The smallest absolute Gasteiger partial charge is 0.338 e. The van der Waals surface area contributed by atoms with E-state index in [4.69, 9.17) is 20.9 Å². The second-order valence-corrected chi connectivity index (χ2v) is 5.46. The van der Waals surface area contributed by atoms with Crippen LogP contribution in [0.25, 0.3) is 10.7 Å². The Labute approximate surface area is 129 Å². The Balaban J connectivity index is 1.64. The lowest BCUT2D eigenvalue weighted by atomic mass is 10.2. The predicted octanol–water partition coefficient (Wildman–Crippen LogP) is 3.81. The van der Waals surface area contributed by atoms with Crippen LogP contribution in [0.1, 0.15) is 16.2 Å². The van der Waals surface area contributed by atoms with Crippen LogP contribution in [0.2, 0.25) is 5.02 Å². The van der Waals surface area contributed by atoms with E-state index in [1.165, 1.54) is 17.4 Å². The number of aromatic nitrogens is 2. The van der Waals surface area contributed by atoms with Gasteiger partial charge in [-0.3, -0.25) is 0 Å². The van der Waals surface area contributed by atoms with E-state index < -0.39 is 5.97 Å². The van der Waals surface area contributed by atoms with Crippen molar-refractivity contribution in [3.63, 3.8) is 0 Å². The molecule has 3 aromatic rings. The molecule has 106 valence electrons. The van der Waals surface area contributed by atoms with Gasteiger partial charge < -0.3 is 9.26 Å². The van der Waals surface area contributed by atoms with Crippen LogP contribution in [0, 0.1) is 0 Å². The van der Waals surface area contributed by atoms with E-state index in [2.05, 4.69) is 10.1 Å². The number of rotatable bonds is 4. The summed E-state index contributed by atoms with van der Waals surface area (Å²) in [6, 6.07) is 10.3. The molecule has 3 rings (SSSR count). The summed E-state index contributed by atoms with van der Waals surface area (Å²) in [6.07, 6.45) is 0. The van der Waals surface area contributed by atoms with Gasteiger partial charge in [-0.1, -0.05) is 28.9 Å². The molecule has 2 aromatic heterocycles. The highest BCUT2D eigenvalue weighted by Gasteiger charge is 2.13. The van der Waals surface area contributed by atoms with Crippen molar-refractivity contribution in [1.29, 1.82) is 0 Å². The van der Waals surface area contributed by atoms with Gasteiger partial charge in [-0.05, 0) is 29.6 Å². The number of nitrogens with zero attached hydrogens (tertiary/aromatic N) is 2. The zero-order valence-electron chi connectivity index (χ0n) is 10.7. The lowest BCUT2D eigenvalue weighted by Gasteiger charge is -2.01. The van der Waals surface area contributed by atoms with Crippen molar-refractivity contribution in [3.8, 4) is 10.7 Å². The van der Waals surface area contributed by atoms with Crippen molar-refractivity contribution >= 4 is 28.9 Å². The van der Waals surface area contributed by atoms with Gasteiger partial charge in [-0.25, -0.2) is 4.79 Å². The molecule has 0 radical (unpaired) electrons.